The molecule has 1 amide bonds. The minimum absolute atomic E-state index is 0.0274. The predicted octanol–water partition coefficient (Wildman–Crippen LogP) is 2.25. The quantitative estimate of drug-likeness (QED) is 0.770. The van der Waals surface area contributed by atoms with E-state index in [2.05, 4.69) is 10.6 Å². The molecule has 1 unspecified atom stereocenters. The van der Waals surface area contributed by atoms with Crippen LogP contribution in [0.25, 0.3) is 0 Å². The average Bonchev–Trinajstić information content (AvgIpc) is 2.47. The lowest BCUT2D eigenvalue weighted by Crippen LogP contribution is -2.34. The van der Waals surface area contributed by atoms with Crippen molar-refractivity contribution in [3.8, 4) is 0 Å². The van der Waals surface area contributed by atoms with Gasteiger partial charge in [-0.2, -0.15) is 0 Å². The largest absolute Gasteiger partial charge is 0.478 e. The van der Waals surface area contributed by atoms with Crippen LogP contribution in [0.2, 0.25) is 0 Å². The van der Waals surface area contributed by atoms with E-state index >= 15 is 0 Å². The van der Waals surface area contributed by atoms with Crippen molar-refractivity contribution in [1.29, 1.82) is 0 Å². The van der Waals surface area contributed by atoms with E-state index in [4.69, 9.17) is 5.11 Å². The summed E-state index contributed by atoms with van der Waals surface area (Å²) in [4.78, 5) is 22.5. The summed E-state index contributed by atoms with van der Waals surface area (Å²) in [6, 6.07) is 6.64. The van der Waals surface area contributed by atoms with Crippen molar-refractivity contribution < 1.29 is 14.7 Å². The number of piperidine rings is 1. The highest BCUT2D eigenvalue weighted by Crippen LogP contribution is 2.14. The molecule has 1 aromatic carbocycles. The Hall–Kier alpha value is -1.88. The molecule has 0 radical (unpaired) electrons. The molecule has 20 heavy (non-hydrogen) atoms. The Labute approximate surface area is 118 Å². The Morgan fingerprint density at radius 2 is 2.00 bits per heavy atom. The second-order valence-electron chi connectivity index (χ2n) is 5.12. The number of carbonyl (C=O) groups is 2. The molecule has 1 saturated heterocycles. The molecule has 0 bridgehead atoms. The number of nitrogens with one attached hydrogen (secondary N) is 2. The number of rotatable bonds is 5. The van der Waals surface area contributed by atoms with Gasteiger partial charge in [-0.1, -0.05) is 6.42 Å². The molecule has 0 aromatic heterocycles. The van der Waals surface area contributed by atoms with E-state index in [1.807, 2.05) is 0 Å². The summed E-state index contributed by atoms with van der Waals surface area (Å²) < 4.78 is 0. The maximum absolute atomic E-state index is 11.8. The van der Waals surface area contributed by atoms with Crippen molar-refractivity contribution in [2.75, 3.05) is 11.9 Å². The van der Waals surface area contributed by atoms with Crippen molar-refractivity contribution in [2.45, 2.75) is 38.1 Å². The number of carboxylic acids is 1. The fraction of sp³-hybridized carbons (Fsp3) is 0.467. The number of hydrogen-bond donors (Lipinski definition) is 3. The van der Waals surface area contributed by atoms with Gasteiger partial charge >= 0.3 is 5.97 Å². The van der Waals surface area contributed by atoms with E-state index in [1.165, 1.54) is 25.0 Å². The fourth-order valence-electron chi connectivity index (χ4n) is 2.40. The Bertz CT molecular complexity index is 465. The van der Waals surface area contributed by atoms with Gasteiger partial charge in [0.05, 0.1) is 5.56 Å². The summed E-state index contributed by atoms with van der Waals surface area (Å²) in [7, 11) is 0. The number of anilines is 1. The molecule has 5 nitrogen and oxygen atoms in total. The van der Waals surface area contributed by atoms with E-state index in [1.54, 1.807) is 12.1 Å². The first-order valence-electron chi connectivity index (χ1n) is 7.02. The van der Waals surface area contributed by atoms with Crippen LogP contribution in [0.3, 0.4) is 0 Å². The Kier molecular flexibility index (Phi) is 5.12. The summed E-state index contributed by atoms with van der Waals surface area (Å²) in [6.07, 6.45) is 4.92. The third-order valence-corrected chi connectivity index (χ3v) is 3.55. The van der Waals surface area contributed by atoms with Gasteiger partial charge in [-0.25, -0.2) is 4.79 Å². The molecule has 3 N–H and O–H groups in total. The normalized spacial score (nSPS) is 18.5. The maximum Gasteiger partial charge on any atom is 0.335 e. The summed E-state index contributed by atoms with van der Waals surface area (Å²) in [5.74, 6) is -0.994. The number of amides is 1. The minimum atomic E-state index is -0.966. The van der Waals surface area contributed by atoms with Crippen molar-refractivity contribution in [2.24, 2.45) is 0 Å². The standard InChI is InChI=1S/C15H20N2O3/c18-14(9-8-12-3-1-2-10-16-12)17-13-6-4-11(5-7-13)15(19)20/h4-7,12,16H,1-3,8-10H2,(H,17,18)(H,19,20). The van der Waals surface area contributed by atoms with Crippen LogP contribution >= 0.6 is 0 Å². The highest BCUT2D eigenvalue weighted by Gasteiger charge is 2.14. The van der Waals surface area contributed by atoms with Crippen LogP contribution in [0.5, 0.6) is 0 Å². The maximum atomic E-state index is 11.8. The van der Waals surface area contributed by atoms with Crippen LogP contribution in [0.15, 0.2) is 24.3 Å². The van der Waals surface area contributed by atoms with Gasteiger partial charge in [0, 0.05) is 18.2 Å². The second-order valence-corrected chi connectivity index (χ2v) is 5.12. The molecule has 1 heterocycles. The topological polar surface area (TPSA) is 78.4 Å². The van der Waals surface area contributed by atoms with E-state index in [0.717, 1.165) is 19.4 Å². The molecule has 1 aromatic rings. The molecular weight excluding hydrogens is 256 g/mol. The first-order valence-corrected chi connectivity index (χ1v) is 7.02. The predicted molar refractivity (Wildman–Crippen MR) is 76.9 cm³/mol. The fourth-order valence-corrected chi connectivity index (χ4v) is 2.40. The molecule has 2 rings (SSSR count). The number of benzene rings is 1. The highest BCUT2D eigenvalue weighted by molar-refractivity contribution is 5.92. The van der Waals surface area contributed by atoms with Gasteiger partial charge in [0.1, 0.15) is 0 Å². The highest BCUT2D eigenvalue weighted by atomic mass is 16.4. The zero-order chi connectivity index (χ0) is 14.4. The van der Waals surface area contributed by atoms with Crippen LogP contribution < -0.4 is 10.6 Å². The zero-order valence-electron chi connectivity index (χ0n) is 11.4. The number of carbonyl (C=O) groups excluding carboxylic acids is 1. The van der Waals surface area contributed by atoms with Crippen LogP contribution in [-0.2, 0) is 4.79 Å². The van der Waals surface area contributed by atoms with Gasteiger partial charge in [-0.3, -0.25) is 4.79 Å². The van der Waals surface area contributed by atoms with E-state index < -0.39 is 5.97 Å². The van der Waals surface area contributed by atoms with E-state index in [-0.39, 0.29) is 11.5 Å². The third kappa shape index (κ3) is 4.35. The van der Waals surface area contributed by atoms with Crippen molar-refractivity contribution in [3.63, 3.8) is 0 Å². The van der Waals surface area contributed by atoms with Crippen LogP contribution in [0.4, 0.5) is 5.69 Å². The van der Waals surface area contributed by atoms with Gasteiger partial charge in [0.15, 0.2) is 0 Å². The van der Waals surface area contributed by atoms with E-state index in [9.17, 15) is 9.59 Å². The summed E-state index contributed by atoms with van der Waals surface area (Å²) >= 11 is 0. The Balaban J connectivity index is 1.77. The molecule has 1 aliphatic heterocycles. The van der Waals surface area contributed by atoms with Crippen molar-refractivity contribution >= 4 is 17.6 Å². The number of aromatic carboxylic acids is 1. The molecule has 0 spiro atoms. The van der Waals surface area contributed by atoms with Crippen LogP contribution in [0, 0.1) is 0 Å². The molecule has 1 aliphatic rings. The lowest BCUT2D eigenvalue weighted by atomic mass is 10.0. The minimum Gasteiger partial charge on any atom is -0.478 e. The summed E-state index contributed by atoms with van der Waals surface area (Å²) in [5.41, 5.74) is 0.853. The number of carboxylic acid groups (broad SMARTS) is 1. The smallest absolute Gasteiger partial charge is 0.335 e. The first-order chi connectivity index (χ1) is 9.65. The molecule has 1 fully saturated rings. The van der Waals surface area contributed by atoms with Gasteiger partial charge in [0.25, 0.3) is 0 Å². The van der Waals surface area contributed by atoms with Crippen molar-refractivity contribution in [3.05, 3.63) is 29.8 Å². The Morgan fingerprint density at radius 3 is 2.60 bits per heavy atom. The molecule has 0 saturated carbocycles. The SMILES string of the molecule is O=C(CCC1CCCCN1)Nc1ccc(C(=O)O)cc1. The van der Waals surface area contributed by atoms with Gasteiger partial charge in [-0.05, 0) is 50.1 Å². The monoisotopic (exact) mass is 276 g/mol. The lowest BCUT2D eigenvalue weighted by molar-refractivity contribution is -0.116. The Morgan fingerprint density at radius 1 is 1.25 bits per heavy atom. The van der Waals surface area contributed by atoms with Crippen LogP contribution in [0.1, 0.15) is 42.5 Å². The van der Waals surface area contributed by atoms with Gasteiger partial charge < -0.3 is 15.7 Å². The first kappa shape index (κ1) is 14.5. The van der Waals surface area contributed by atoms with Gasteiger partial charge in [0.2, 0.25) is 5.91 Å². The molecule has 5 heteroatoms. The molecule has 1 atom stereocenters. The van der Waals surface area contributed by atoms with Gasteiger partial charge in [-0.15, -0.1) is 0 Å². The second kappa shape index (κ2) is 7.05. The van der Waals surface area contributed by atoms with Crippen LogP contribution in [-0.4, -0.2) is 29.6 Å². The molecule has 108 valence electrons. The summed E-state index contributed by atoms with van der Waals surface area (Å²) in [5, 5.41) is 15.0. The summed E-state index contributed by atoms with van der Waals surface area (Å²) in [6.45, 7) is 1.04. The zero-order valence-corrected chi connectivity index (χ0v) is 11.4. The average molecular weight is 276 g/mol. The number of hydrogen-bond acceptors (Lipinski definition) is 3. The van der Waals surface area contributed by atoms with Crippen molar-refractivity contribution in [1.82, 2.24) is 5.32 Å². The van der Waals surface area contributed by atoms with E-state index in [0.29, 0.717) is 18.2 Å². The third-order valence-electron chi connectivity index (χ3n) is 3.55. The lowest BCUT2D eigenvalue weighted by Gasteiger charge is -2.23. The molecular formula is C15H20N2O3. The molecule has 0 aliphatic carbocycles.